The van der Waals surface area contributed by atoms with Crippen LogP contribution in [0.15, 0.2) is 24.3 Å². The van der Waals surface area contributed by atoms with Gasteiger partial charge >= 0.3 is 6.03 Å². The van der Waals surface area contributed by atoms with Crippen molar-refractivity contribution >= 4 is 11.7 Å². The molecule has 18 heavy (non-hydrogen) atoms. The van der Waals surface area contributed by atoms with E-state index >= 15 is 0 Å². The third-order valence-corrected chi connectivity index (χ3v) is 2.64. The topological polar surface area (TPSA) is 41.6 Å². The summed E-state index contributed by atoms with van der Waals surface area (Å²) in [6, 6.07) is 7.42. The summed E-state index contributed by atoms with van der Waals surface area (Å²) in [7, 11) is 0. The minimum Gasteiger partial charge on any atom is -0.491 e. The molecule has 0 aliphatic rings. The third-order valence-electron chi connectivity index (χ3n) is 2.64. The number of carbonyl (C=O) groups is 1. The average Bonchev–Trinajstić information content (AvgIpc) is 2.39. The van der Waals surface area contributed by atoms with Crippen molar-refractivity contribution in [2.75, 3.05) is 25.0 Å². The summed E-state index contributed by atoms with van der Waals surface area (Å²) in [5.74, 6) is 0.722. The van der Waals surface area contributed by atoms with Crippen LogP contribution in [0.5, 0.6) is 5.75 Å². The Balaban J connectivity index is 2.73. The van der Waals surface area contributed by atoms with Gasteiger partial charge in [0.25, 0.3) is 0 Å². The summed E-state index contributed by atoms with van der Waals surface area (Å²) in [6.07, 6.45) is 0.943. The first-order valence-electron chi connectivity index (χ1n) is 6.50. The second-order valence-corrected chi connectivity index (χ2v) is 3.95. The molecule has 0 saturated heterocycles. The molecule has 1 aromatic rings. The van der Waals surface area contributed by atoms with Crippen LogP contribution >= 0.6 is 0 Å². The molecule has 1 N–H and O–H groups in total. The Morgan fingerprint density at radius 2 is 1.89 bits per heavy atom. The van der Waals surface area contributed by atoms with Gasteiger partial charge in [0.05, 0.1) is 12.3 Å². The molecule has 0 atom stereocenters. The fourth-order valence-electron chi connectivity index (χ4n) is 1.61. The molecule has 100 valence electrons. The van der Waals surface area contributed by atoms with Crippen LogP contribution in [0.25, 0.3) is 0 Å². The van der Waals surface area contributed by atoms with E-state index in [1.807, 2.05) is 38.1 Å². The molecule has 0 unspecified atom stereocenters. The number of para-hydroxylation sites is 2. The van der Waals surface area contributed by atoms with Crippen LogP contribution in [0, 0.1) is 0 Å². The number of amides is 2. The summed E-state index contributed by atoms with van der Waals surface area (Å²) in [4.78, 5) is 13.7. The molecule has 0 aliphatic carbocycles. The van der Waals surface area contributed by atoms with Crippen LogP contribution in [0.1, 0.15) is 27.2 Å². The van der Waals surface area contributed by atoms with Gasteiger partial charge < -0.3 is 15.0 Å². The summed E-state index contributed by atoms with van der Waals surface area (Å²) in [5, 5.41) is 2.88. The van der Waals surface area contributed by atoms with Gasteiger partial charge in [-0.3, -0.25) is 0 Å². The van der Waals surface area contributed by atoms with Crippen LogP contribution < -0.4 is 10.1 Å². The molecular weight excluding hydrogens is 228 g/mol. The molecule has 4 heteroatoms. The van der Waals surface area contributed by atoms with Crippen molar-refractivity contribution in [2.45, 2.75) is 27.2 Å². The maximum absolute atomic E-state index is 12.0. The van der Waals surface area contributed by atoms with E-state index in [1.54, 1.807) is 4.90 Å². The molecule has 1 rings (SSSR count). The molecule has 0 fully saturated rings. The molecule has 2 amide bonds. The van der Waals surface area contributed by atoms with Crippen molar-refractivity contribution in [2.24, 2.45) is 0 Å². The number of nitrogens with one attached hydrogen (secondary N) is 1. The molecule has 0 aromatic heterocycles. The third kappa shape index (κ3) is 3.95. The van der Waals surface area contributed by atoms with Gasteiger partial charge in [-0.05, 0) is 32.4 Å². The smallest absolute Gasteiger partial charge is 0.321 e. The van der Waals surface area contributed by atoms with Crippen molar-refractivity contribution in [3.63, 3.8) is 0 Å². The summed E-state index contributed by atoms with van der Waals surface area (Å²) in [5.41, 5.74) is 0.725. The minimum atomic E-state index is -0.0902. The van der Waals surface area contributed by atoms with E-state index in [9.17, 15) is 4.79 Å². The number of hydrogen-bond acceptors (Lipinski definition) is 2. The normalized spacial score (nSPS) is 9.94. The number of hydrogen-bond donors (Lipinski definition) is 1. The van der Waals surface area contributed by atoms with Crippen LogP contribution in [-0.4, -0.2) is 30.6 Å². The van der Waals surface area contributed by atoms with E-state index in [2.05, 4.69) is 12.2 Å². The van der Waals surface area contributed by atoms with Gasteiger partial charge in [0, 0.05) is 13.1 Å². The van der Waals surface area contributed by atoms with Gasteiger partial charge in [0.2, 0.25) is 0 Å². The van der Waals surface area contributed by atoms with Gasteiger partial charge in [-0.25, -0.2) is 4.79 Å². The van der Waals surface area contributed by atoms with E-state index in [-0.39, 0.29) is 6.03 Å². The van der Waals surface area contributed by atoms with Crippen molar-refractivity contribution in [3.8, 4) is 5.75 Å². The molecule has 4 nitrogen and oxygen atoms in total. The minimum absolute atomic E-state index is 0.0902. The van der Waals surface area contributed by atoms with E-state index in [4.69, 9.17) is 4.74 Å². The fourth-order valence-corrected chi connectivity index (χ4v) is 1.61. The lowest BCUT2D eigenvalue weighted by molar-refractivity contribution is 0.217. The molecule has 1 aromatic carbocycles. The zero-order valence-corrected chi connectivity index (χ0v) is 11.4. The van der Waals surface area contributed by atoms with Crippen molar-refractivity contribution in [1.29, 1.82) is 0 Å². The maximum Gasteiger partial charge on any atom is 0.321 e. The number of anilines is 1. The highest BCUT2D eigenvalue weighted by atomic mass is 16.5. The van der Waals surface area contributed by atoms with Gasteiger partial charge in [-0.2, -0.15) is 0 Å². The van der Waals surface area contributed by atoms with Crippen molar-refractivity contribution in [3.05, 3.63) is 24.3 Å². The molecule has 0 spiro atoms. The molecule has 0 saturated carbocycles. The summed E-state index contributed by atoms with van der Waals surface area (Å²) < 4.78 is 5.60. The second-order valence-electron chi connectivity index (χ2n) is 3.95. The zero-order chi connectivity index (χ0) is 13.4. The Morgan fingerprint density at radius 1 is 1.22 bits per heavy atom. The molecule has 0 radical (unpaired) electrons. The first kappa shape index (κ1) is 14.4. The number of nitrogens with zero attached hydrogens (tertiary/aromatic N) is 1. The van der Waals surface area contributed by atoms with Crippen LogP contribution in [0.2, 0.25) is 0 Å². The SMILES string of the molecule is CCCOc1ccccc1NC(=O)N(CC)CC. The molecule has 0 bridgehead atoms. The number of rotatable bonds is 6. The Labute approximate surface area is 109 Å². The molecular formula is C14H22N2O2. The number of carbonyl (C=O) groups excluding carboxylic acids is 1. The number of ether oxygens (including phenoxy) is 1. The Morgan fingerprint density at radius 3 is 2.50 bits per heavy atom. The van der Waals surface area contributed by atoms with Gasteiger partial charge in [0.1, 0.15) is 5.75 Å². The standard InChI is InChI=1S/C14H22N2O2/c1-4-11-18-13-10-8-7-9-12(13)15-14(17)16(5-2)6-3/h7-10H,4-6,11H2,1-3H3,(H,15,17). The summed E-state index contributed by atoms with van der Waals surface area (Å²) >= 11 is 0. The molecule has 0 aliphatic heterocycles. The second kappa shape index (κ2) is 7.58. The zero-order valence-electron chi connectivity index (χ0n) is 11.4. The van der Waals surface area contributed by atoms with Crippen LogP contribution in [-0.2, 0) is 0 Å². The van der Waals surface area contributed by atoms with E-state index in [0.717, 1.165) is 17.9 Å². The van der Waals surface area contributed by atoms with E-state index in [1.165, 1.54) is 0 Å². The van der Waals surface area contributed by atoms with Crippen LogP contribution in [0.4, 0.5) is 10.5 Å². The van der Waals surface area contributed by atoms with E-state index in [0.29, 0.717) is 19.7 Å². The summed E-state index contributed by atoms with van der Waals surface area (Å²) in [6.45, 7) is 8.01. The number of urea groups is 1. The molecule has 0 heterocycles. The Kier molecular flexibility index (Phi) is 6.05. The van der Waals surface area contributed by atoms with Gasteiger partial charge in [0.15, 0.2) is 0 Å². The predicted molar refractivity (Wildman–Crippen MR) is 74.2 cm³/mol. The maximum atomic E-state index is 12.0. The monoisotopic (exact) mass is 250 g/mol. The highest BCUT2D eigenvalue weighted by molar-refractivity contribution is 5.90. The lowest BCUT2D eigenvalue weighted by atomic mass is 10.3. The van der Waals surface area contributed by atoms with Gasteiger partial charge in [-0.15, -0.1) is 0 Å². The quantitative estimate of drug-likeness (QED) is 0.841. The Bertz CT molecular complexity index is 376. The highest BCUT2D eigenvalue weighted by Crippen LogP contribution is 2.24. The predicted octanol–water partition coefficient (Wildman–Crippen LogP) is 3.35. The first-order chi connectivity index (χ1) is 8.72. The lowest BCUT2D eigenvalue weighted by Gasteiger charge is -2.20. The van der Waals surface area contributed by atoms with Crippen LogP contribution in [0.3, 0.4) is 0 Å². The Hall–Kier alpha value is -1.71. The van der Waals surface area contributed by atoms with Crippen molar-refractivity contribution < 1.29 is 9.53 Å². The highest BCUT2D eigenvalue weighted by Gasteiger charge is 2.11. The largest absolute Gasteiger partial charge is 0.491 e. The number of benzene rings is 1. The lowest BCUT2D eigenvalue weighted by Crippen LogP contribution is -2.34. The van der Waals surface area contributed by atoms with E-state index < -0.39 is 0 Å². The van der Waals surface area contributed by atoms with Crippen molar-refractivity contribution in [1.82, 2.24) is 4.90 Å². The fraction of sp³-hybridized carbons (Fsp3) is 0.500. The first-order valence-corrected chi connectivity index (χ1v) is 6.50. The van der Waals surface area contributed by atoms with Gasteiger partial charge in [-0.1, -0.05) is 19.1 Å². The average molecular weight is 250 g/mol.